The highest BCUT2D eigenvalue weighted by atomic mass is 32.2. The number of hydrogen-bond acceptors (Lipinski definition) is 3. The molecule has 3 nitrogen and oxygen atoms in total. The van der Waals surface area contributed by atoms with Gasteiger partial charge in [-0.3, -0.25) is 4.79 Å². The van der Waals surface area contributed by atoms with Crippen molar-refractivity contribution in [2.75, 3.05) is 0 Å². The molecule has 1 fully saturated rings. The van der Waals surface area contributed by atoms with Gasteiger partial charge < -0.3 is 0 Å². The van der Waals surface area contributed by atoms with E-state index in [1.54, 1.807) is 18.2 Å². The molecule has 0 radical (unpaired) electrons. The molecule has 0 aromatic heterocycles. The SMILES string of the molecule is O=C1CCCCC1S(=O)(=O)c1ccc2ccccc2c1. The van der Waals surface area contributed by atoms with Crippen LogP contribution >= 0.6 is 0 Å². The fourth-order valence-corrected chi connectivity index (χ4v) is 4.61. The molecule has 0 bridgehead atoms. The lowest BCUT2D eigenvalue weighted by atomic mass is 9.99. The number of carbonyl (C=O) groups is 1. The minimum absolute atomic E-state index is 0.135. The summed E-state index contributed by atoms with van der Waals surface area (Å²) in [5.74, 6) is -0.135. The van der Waals surface area contributed by atoms with Gasteiger partial charge in [0.15, 0.2) is 15.6 Å². The smallest absolute Gasteiger partial charge is 0.188 e. The molecule has 4 heteroatoms. The Morgan fingerprint density at radius 1 is 0.950 bits per heavy atom. The van der Waals surface area contributed by atoms with E-state index >= 15 is 0 Å². The standard InChI is InChI=1S/C16H16O3S/c17-15-7-3-4-8-16(15)20(18,19)14-10-9-12-5-1-2-6-13(12)11-14/h1-2,5-6,9-11,16H,3-4,7-8H2. The largest absolute Gasteiger partial charge is 0.298 e. The van der Waals surface area contributed by atoms with Crippen LogP contribution in [0.2, 0.25) is 0 Å². The van der Waals surface area contributed by atoms with E-state index in [9.17, 15) is 13.2 Å². The van der Waals surface area contributed by atoms with Crippen LogP contribution in [0.25, 0.3) is 10.8 Å². The number of hydrogen-bond donors (Lipinski definition) is 0. The van der Waals surface area contributed by atoms with E-state index < -0.39 is 15.1 Å². The Labute approximate surface area is 118 Å². The molecule has 1 saturated carbocycles. The minimum Gasteiger partial charge on any atom is -0.298 e. The predicted octanol–water partition coefficient (Wildman–Crippen LogP) is 3.13. The van der Waals surface area contributed by atoms with Gasteiger partial charge in [0.05, 0.1) is 4.90 Å². The summed E-state index contributed by atoms with van der Waals surface area (Å²) in [5, 5.41) is 1.04. The quantitative estimate of drug-likeness (QED) is 0.853. The highest BCUT2D eigenvalue weighted by molar-refractivity contribution is 7.92. The average molecular weight is 288 g/mol. The number of benzene rings is 2. The van der Waals surface area contributed by atoms with Crippen molar-refractivity contribution in [3.05, 3.63) is 42.5 Å². The molecule has 2 aromatic rings. The third-order valence-electron chi connectivity index (χ3n) is 3.92. The Morgan fingerprint density at radius 2 is 1.70 bits per heavy atom. The topological polar surface area (TPSA) is 51.2 Å². The molecule has 1 unspecified atom stereocenters. The van der Waals surface area contributed by atoms with Crippen LogP contribution in [0.5, 0.6) is 0 Å². The molecular weight excluding hydrogens is 272 g/mol. The molecule has 0 spiro atoms. The summed E-state index contributed by atoms with van der Waals surface area (Å²) < 4.78 is 25.2. The zero-order valence-corrected chi connectivity index (χ0v) is 11.9. The average Bonchev–Trinajstić information content (AvgIpc) is 2.47. The molecule has 0 aliphatic heterocycles. The van der Waals surface area contributed by atoms with Gasteiger partial charge in [0.25, 0.3) is 0 Å². The van der Waals surface area contributed by atoms with Crippen LogP contribution in [-0.2, 0) is 14.6 Å². The maximum atomic E-state index is 12.6. The van der Waals surface area contributed by atoms with Gasteiger partial charge in [-0.25, -0.2) is 8.42 Å². The summed E-state index contributed by atoms with van der Waals surface area (Å²) in [6.45, 7) is 0. The maximum Gasteiger partial charge on any atom is 0.188 e. The molecule has 2 aromatic carbocycles. The zero-order chi connectivity index (χ0) is 14.2. The van der Waals surface area contributed by atoms with E-state index in [1.807, 2.05) is 24.3 Å². The highest BCUT2D eigenvalue weighted by Gasteiger charge is 2.35. The third-order valence-corrected chi connectivity index (χ3v) is 6.08. The van der Waals surface area contributed by atoms with Gasteiger partial charge in [-0.05, 0) is 35.7 Å². The summed E-state index contributed by atoms with van der Waals surface area (Å²) in [5.41, 5.74) is 0. The second-order valence-electron chi connectivity index (χ2n) is 5.25. The summed E-state index contributed by atoms with van der Waals surface area (Å²) in [7, 11) is -3.55. The van der Waals surface area contributed by atoms with Gasteiger partial charge in [0, 0.05) is 6.42 Å². The van der Waals surface area contributed by atoms with Crippen LogP contribution in [-0.4, -0.2) is 19.5 Å². The van der Waals surface area contributed by atoms with Crippen molar-refractivity contribution in [2.45, 2.75) is 35.8 Å². The molecule has 1 aliphatic carbocycles. The van der Waals surface area contributed by atoms with Crippen molar-refractivity contribution < 1.29 is 13.2 Å². The first kappa shape index (κ1) is 13.3. The van der Waals surface area contributed by atoms with Crippen molar-refractivity contribution in [3.63, 3.8) is 0 Å². The van der Waals surface area contributed by atoms with E-state index in [0.717, 1.165) is 23.6 Å². The Kier molecular flexibility index (Phi) is 3.34. The molecule has 0 N–H and O–H groups in total. The van der Waals surface area contributed by atoms with Gasteiger partial charge in [0.2, 0.25) is 0 Å². The van der Waals surface area contributed by atoms with Gasteiger partial charge >= 0.3 is 0 Å². The predicted molar refractivity (Wildman–Crippen MR) is 78.4 cm³/mol. The lowest BCUT2D eigenvalue weighted by molar-refractivity contribution is -0.119. The van der Waals surface area contributed by atoms with Crippen molar-refractivity contribution in [1.29, 1.82) is 0 Å². The number of Topliss-reactive ketones (excluding diaryl/α,β-unsaturated/α-hetero) is 1. The molecule has 0 amide bonds. The first-order chi connectivity index (χ1) is 9.59. The third kappa shape index (κ3) is 2.24. The van der Waals surface area contributed by atoms with Crippen molar-refractivity contribution in [3.8, 4) is 0 Å². The minimum atomic E-state index is -3.55. The van der Waals surface area contributed by atoms with Crippen LogP contribution in [0.4, 0.5) is 0 Å². The van der Waals surface area contributed by atoms with Gasteiger partial charge in [0.1, 0.15) is 5.25 Å². The summed E-state index contributed by atoms with van der Waals surface area (Å²) in [6, 6.07) is 12.7. The number of rotatable bonds is 2. The summed E-state index contributed by atoms with van der Waals surface area (Å²) in [4.78, 5) is 12.2. The second kappa shape index (κ2) is 5.02. The van der Waals surface area contributed by atoms with Gasteiger partial charge in [-0.1, -0.05) is 36.8 Å². The van der Waals surface area contributed by atoms with Gasteiger partial charge in [-0.15, -0.1) is 0 Å². The number of sulfone groups is 1. The molecule has 20 heavy (non-hydrogen) atoms. The van der Waals surface area contributed by atoms with Crippen LogP contribution < -0.4 is 0 Å². The number of carbonyl (C=O) groups excluding carboxylic acids is 1. The second-order valence-corrected chi connectivity index (χ2v) is 7.39. The summed E-state index contributed by atoms with van der Waals surface area (Å²) >= 11 is 0. The van der Waals surface area contributed by atoms with Crippen LogP contribution in [0, 0.1) is 0 Å². The molecule has 3 rings (SSSR count). The maximum absolute atomic E-state index is 12.6. The van der Waals surface area contributed by atoms with Crippen molar-refractivity contribution in [1.82, 2.24) is 0 Å². The van der Waals surface area contributed by atoms with Crippen molar-refractivity contribution in [2.24, 2.45) is 0 Å². The molecule has 0 heterocycles. The molecular formula is C16H16O3S. The molecule has 0 saturated heterocycles. The number of fused-ring (bicyclic) bond motifs is 1. The van der Waals surface area contributed by atoms with Crippen LogP contribution in [0.1, 0.15) is 25.7 Å². The molecule has 1 aliphatic rings. The fourth-order valence-electron chi connectivity index (χ4n) is 2.79. The lowest BCUT2D eigenvalue weighted by Crippen LogP contribution is -2.33. The Bertz CT molecular complexity index is 762. The Morgan fingerprint density at radius 3 is 2.45 bits per heavy atom. The van der Waals surface area contributed by atoms with Crippen LogP contribution in [0.3, 0.4) is 0 Å². The fraction of sp³-hybridized carbons (Fsp3) is 0.312. The van der Waals surface area contributed by atoms with E-state index in [4.69, 9.17) is 0 Å². The van der Waals surface area contributed by atoms with E-state index in [-0.39, 0.29) is 10.7 Å². The number of ketones is 1. The van der Waals surface area contributed by atoms with E-state index in [2.05, 4.69) is 0 Å². The highest BCUT2D eigenvalue weighted by Crippen LogP contribution is 2.28. The monoisotopic (exact) mass is 288 g/mol. The van der Waals surface area contributed by atoms with Gasteiger partial charge in [-0.2, -0.15) is 0 Å². The normalized spacial score (nSPS) is 20.2. The van der Waals surface area contributed by atoms with E-state index in [0.29, 0.717) is 12.8 Å². The van der Waals surface area contributed by atoms with Crippen LogP contribution in [0.15, 0.2) is 47.4 Å². The first-order valence-electron chi connectivity index (χ1n) is 6.84. The lowest BCUT2D eigenvalue weighted by Gasteiger charge is -2.20. The Balaban J connectivity index is 2.06. The molecule has 1 atom stereocenters. The Hall–Kier alpha value is -1.68. The first-order valence-corrected chi connectivity index (χ1v) is 8.39. The van der Waals surface area contributed by atoms with Crippen molar-refractivity contribution >= 4 is 26.4 Å². The van der Waals surface area contributed by atoms with E-state index in [1.165, 1.54) is 0 Å². The summed E-state index contributed by atoms with van der Waals surface area (Å²) in [6.07, 6.45) is 2.46. The molecule has 104 valence electrons. The zero-order valence-electron chi connectivity index (χ0n) is 11.1.